The van der Waals surface area contributed by atoms with Crippen LogP contribution < -0.4 is 5.32 Å². The molecular weight excluding hydrogens is 236 g/mol. The van der Waals surface area contributed by atoms with E-state index in [2.05, 4.69) is 12.2 Å². The Morgan fingerprint density at radius 2 is 1.95 bits per heavy atom. The molecule has 1 N–H and O–H groups in total. The molecule has 0 aromatic heterocycles. The Bertz CT molecular complexity index is 237. The highest BCUT2D eigenvalue weighted by Crippen LogP contribution is 2.13. The molecule has 0 saturated carbocycles. The maximum absolute atomic E-state index is 12.0. The second-order valence-corrected chi connectivity index (χ2v) is 6.00. The molecule has 112 valence electrons. The van der Waals surface area contributed by atoms with Gasteiger partial charge in [-0.05, 0) is 38.3 Å². The van der Waals surface area contributed by atoms with Gasteiger partial charge >= 0.3 is 0 Å². The summed E-state index contributed by atoms with van der Waals surface area (Å²) in [6, 6.07) is 0. The molecule has 3 heteroatoms. The van der Waals surface area contributed by atoms with Gasteiger partial charge in [-0.1, -0.05) is 39.0 Å². The van der Waals surface area contributed by atoms with E-state index in [-0.39, 0.29) is 0 Å². The molecule has 1 atom stereocenters. The minimum atomic E-state index is 0.334. The number of hydrogen-bond acceptors (Lipinski definition) is 2. The van der Waals surface area contributed by atoms with Gasteiger partial charge in [0.1, 0.15) is 0 Å². The van der Waals surface area contributed by atoms with Crippen molar-refractivity contribution in [3.8, 4) is 0 Å². The molecule has 1 saturated heterocycles. The normalized spacial score (nSPS) is 19.4. The lowest BCUT2D eigenvalue weighted by Crippen LogP contribution is -2.39. The van der Waals surface area contributed by atoms with Gasteiger partial charge in [0.2, 0.25) is 5.91 Å². The summed E-state index contributed by atoms with van der Waals surface area (Å²) in [6.07, 6.45) is 10.8. The Hall–Kier alpha value is -0.570. The van der Waals surface area contributed by atoms with Crippen LogP contribution in [-0.4, -0.2) is 37.5 Å². The Morgan fingerprint density at radius 1 is 1.21 bits per heavy atom. The molecular formula is C16H32N2O. The van der Waals surface area contributed by atoms with Crippen LogP contribution in [0.4, 0.5) is 0 Å². The highest BCUT2D eigenvalue weighted by atomic mass is 16.2. The van der Waals surface area contributed by atoms with Gasteiger partial charge in [0.05, 0.1) is 0 Å². The summed E-state index contributed by atoms with van der Waals surface area (Å²) in [7, 11) is 1.97. The van der Waals surface area contributed by atoms with E-state index in [0.717, 1.165) is 32.5 Å². The lowest BCUT2D eigenvalue weighted by Gasteiger charge is -2.27. The van der Waals surface area contributed by atoms with Gasteiger partial charge in [-0.25, -0.2) is 0 Å². The van der Waals surface area contributed by atoms with Crippen LogP contribution >= 0.6 is 0 Å². The Labute approximate surface area is 119 Å². The third-order valence-corrected chi connectivity index (χ3v) is 4.10. The zero-order valence-corrected chi connectivity index (χ0v) is 12.9. The number of carbonyl (C=O) groups is 1. The first kappa shape index (κ1) is 16.5. The quantitative estimate of drug-likeness (QED) is 0.651. The number of carbonyl (C=O) groups excluding carboxylic acids is 1. The fourth-order valence-electron chi connectivity index (χ4n) is 2.82. The first-order chi connectivity index (χ1) is 9.24. The second-order valence-electron chi connectivity index (χ2n) is 6.00. The van der Waals surface area contributed by atoms with Crippen molar-refractivity contribution in [2.75, 3.05) is 26.7 Å². The van der Waals surface area contributed by atoms with Gasteiger partial charge in [0.15, 0.2) is 0 Å². The zero-order valence-electron chi connectivity index (χ0n) is 12.9. The molecule has 1 unspecified atom stereocenters. The van der Waals surface area contributed by atoms with Crippen LogP contribution in [0.3, 0.4) is 0 Å². The standard InChI is InChI=1S/C16H32N2O/c1-3-4-5-6-7-8-11-16(19)18(2)14-15-10-9-12-17-13-15/h15,17H,3-14H2,1-2H3. The summed E-state index contributed by atoms with van der Waals surface area (Å²) in [5.74, 6) is 0.994. The molecule has 1 aliphatic heterocycles. The number of unbranched alkanes of at least 4 members (excludes halogenated alkanes) is 5. The van der Waals surface area contributed by atoms with E-state index in [1.165, 1.54) is 44.9 Å². The van der Waals surface area contributed by atoms with Crippen LogP contribution in [-0.2, 0) is 4.79 Å². The van der Waals surface area contributed by atoms with Crippen molar-refractivity contribution in [2.45, 2.75) is 64.7 Å². The van der Waals surface area contributed by atoms with E-state index < -0.39 is 0 Å². The van der Waals surface area contributed by atoms with Gasteiger partial charge in [-0.15, -0.1) is 0 Å². The van der Waals surface area contributed by atoms with Crippen molar-refractivity contribution in [1.29, 1.82) is 0 Å². The number of piperidine rings is 1. The van der Waals surface area contributed by atoms with Crippen LogP contribution in [0.2, 0.25) is 0 Å². The van der Waals surface area contributed by atoms with Crippen molar-refractivity contribution in [3.63, 3.8) is 0 Å². The minimum Gasteiger partial charge on any atom is -0.345 e. The number of nitrogens with zero attached hydrogens (tertiary/aromatic N) is 1. The van der Waals surface area contributed by atoms with E-state index in [0.29, 0.717) is 11.8 Å². The third kappa shape index (κ3) is 7.56. The lowest BCUT2D eigenvalue weighted by molar-refractivity contribution is -0.130. The molecule has 1 fully saturated rings. The maximum atomic E-state index is 12.0. The highest BCUT2D eigenvalue weighted by molar-refractivity contribution is 5.75. The molecule has 1 rings (SSSR count). The smallest absolute Gasteiger partial charge is 0.222 e. The summed E-state index contributed by atoms with van der Waals surface area (Å²) in [6.45, 7) is 5.39. The van der Waals surface area contributed by atoms with Crippen LogP contribution in [0.15, 0.2) is 0 Å². The van der Waals surface area contributed by atoms with Crippen LogP contribution in [0.1, 0.15) is 64.7 Å². The van der Waals surface area contributed by atoms with Crippen molar-refractivity contribution < 1.29 is 4.79 Å². The average Bonchev–Trinajstić information content (AvgIpc) is 2.43. The molecule has 0 spiro atoms. The fraction of sp³-hybridized carbons (Fsp3) is 0.938. The Morgan fingerprint density at radius 3 is 2.63 bits per heavy atom. The summed E-state index contributed by atoms with van der Waals surface area (Å²) in [5, 5.41) is 3.41. The Balaban J connectivity index is 2.04. The first-order valence-corrected chi connectivity index (χ1v) is 8.18. The predicted octanol–water partition coefficient (Wildman–Crippen LogP) is 3.20. The zero-order chi connectivity index (χ0) is 13.9. The SMILES string of the molecule is CCCCCCCCC(=O)N(C)CC1CCCNC1. The van der Waals surface area contributed by atoms with Crippen molar-refractivity contribution in [1.82, 2.24) is 10.2 Å². The van der Waals surface area contributed by atoms with E-state index in [1.807, 2.05) is 11.9 Å². The van der Waals surface area contributed by atoms with Crippen molar-refractivity contribution in [2.24, 2.45) is 5.92 Å². The summed E-state index contributed by atoms with van der Waals surface area (Å²) in [5.41, 5.74) is 0. The molecule has 1 amide bonds. The van der Waals surface area contributed by atoms with E-state index in [9.17, 15) is 4.79 Å². The van der Waals surface area contributed by atoms with Gasteiger partial charge in [0.25, 0.3) is 0 Å². The average molecular weight is 268 g/mol. The monoisotopic (exact) mass is 268 g/mol. The van der Waals surface area contributed by atoms with Gasteiger partial charge < -0.3 is 10.2 Å². The van der Waals surface area contributed by atoms with Gasteiger partial charge in [-0.3, -0.25) is 4.79 Å². The Kier molecular flexibility index (Phi) is 8.89. The van der Waals surface area contributed by atoms with Crippen LogP contribution in [0.5, 0.6) is 0 Å². The van der Waals surface area contributed by atoms with E-state index in [4.69, 9.17) is 0 Å². The fourth-order valence-corrected chi connectivity index (χ4v) is 2.82. The number of rotatable bonds is 9. The predicted molar refractivity (Wildman–Crippen MR) is 81.2 cm³/mol. The maximum Gasteiger partial charge on any atom is 0.222 e. The van der Waals surface area contributed by atoms with Crippen molar-refractivity contribution >= 4 is 5.91 Å². The third-order valence-electron chi connectivity index (χ3n) is 4.10. The number of amides is 1. The van der Waals surface area contributed by atoms with E-state index >= 15 is 0 Å². The molecule has 1 heterocycles. The summed E-state index contributed by atoms with van der Waals surface area (Å²) in [4.78, 5) is 14.0. The molecule has 0 bridgehead atoms. The molecule has 0 aliphatic carbocycles. The minimum absolute atomic E-state index is 0.334. The molecule has 1 aliphatic rings. The second kappa shape index (κ2) is 10.2. The molecule has 0 aromatic rings. The molecule has 0 aromatic carbocycles. The molecule has 0 radical (unpaired) electrons. The van der Waals surface area contributed by atoms with Crippen LogP contribution in [0, 0.1) is 5.92 Å². The largest absolute Gasteiger partial charge is 0.345 e. The van der Waals surface area contributed by atoms with Gasteiger partial charge in [-0.2, -0.15) is 0 Å². The van der Waals surface area contributed by atoms with Crippen molar-refractivity contribution in [3.05, 3.63) is 0 Å². The molecule has 3 nitrogen and oxygen atoms in total. The summed E-state index contributed by atoms with van der Waals surface area (Å²) >= 11 is 0. The lowest BCUT2D eigenvalue weighted by atomic mass is 9.99. The van der Waals surface area contributed by atoms with E-state index in [1.54, 1.807) is 0 Å². The highest BCUT2D eigenvalue weighted by Gasteiger charge is 2.17. The first-order valence-electron chi connectivity index (χ1n) is 8.18. The molecule has 19 heavy (non-hydrogen) atoms. The number of nitrogens with one attached hydrogen (secondary N) is 1. The summed E-state index contributed by atoms with van der Waals surface area (Å²) < 4.78 is 0. The topological polar surface area (TPSA) is 32.3 Å². The van der Waals surface area contributed by atoms with Crippen LogP contribution in [0.25, 0.3) is 0 Å². The van der Waals surface area contributed by atoms with Gasteiger partial charge in [0, 0.05) is 20.0 Å². The number of hydrogen-bond donors (Lipinski definition) is 1.